The molecule has 0 radical (unpaired) electrons. The van der Waals surface area contributed by atoms with Crippen LogP contribution < -0.4 is 77.0 Å². The molecular weight excluding hydrogens is 1290 g/mol. The maximum Gasteiger partial charge on any atom is 0.268 e. The number of thiophene rings is 2. The molecule has 0 N–H and O–H groups in total. The molecule has 462 valence electrons. The van der Waals surface area contributed by atoms with E-state index in [0.29, 0.717) is 71.3 Å². The summed E-state index contributed by atoms with van der Waals surface area (Å²) in [6.45, 7) is -2.76. The van der Waals surface area contributed by atoms with Gasteiger partial charge in [0.2, 0.25) is 0 Å². The highest BCUT2D eigenvalue weighted by Gasteiger charge is 2.53. The molecule has 0 unspecified atom stereocenters. The number of anilines is 15. The maximum absolute atomic E-state index is 17.5. The van der Waals surface area contributed by atoms with Gasteiger partial charge in [-0.25, -0.2) is 43.9 Å². The highest BCUT2D eigenvalue weighted by atomic mass is 32.1. The number of nitrogens with zero attached hydrogens (tertiary/aromatic N) is 5. The quantitative estimate of drug-likeness (QED) is 0.126. The molecule has 6 aliphatic rings. The zero-order valence-electron chi connectivity index (χ0n) is 49.8. The minimum absolute atomic E-state index is 0.121. The van der Waals surface area contributed by atoms with Gasteiger partial charge in [-0.3, -0.25) is 0 Å². The number of rotatable bonds is 5. The van der Waals surface area contributed by atoms with Crippen LogP contribution in [-0.2, 0) is 0 Å². The average molecular weight is 1320 g/mol. The standard InChI is InChI=1S/C76H36B3F10N5OS2/c80-43-15-5-16-44(81)69(43)90-53-25-10-26-54-65(53)77(39-33-41-60(35-58(39)90)92(71-47(84)19-7-20-48(71)85)55-27-11-28-56-66(55)78(41)75-68(37-13-1-3-31-63(37)96-75)94(56)73-51(88)23-9-24-52(73)89)40-34-42-61(36-59(40)91(54)70-45(82)17-6-18-46(70)83)93(72-49(86)21-8-22-50(72)87)57-29-12-30-62-67(57)79(42)76-74(95-62)38-14-2-4-32-64(38)97-76/h1-36H. The Bertz CT molecular complexity index is 5800. The van der Waals surface area contributed by atoms with Gasteiger partial charge in [0.05, 0.1) is 5.69 Å². The van der Waals surface area contributed by atoms with Crippen LogP contribution in [0.4, 0.5) is 129 Å². The summed E-state index contributed by atoms with van der Waals surface area (Å²) in [6, 6.07) is 54.8. The lowest BCUT2D eigenvalue weighted by Gasteiger charge is -2.47. The molecule has 21 heteroatoms. The minimum Gasteiger partial charge on any atom is -0.457 e. The molecule has 8 heterocycles. The van der Waals surface area contributed by atoms with Crippen molar-refractivity contribution >= 4 is 196 Å². The zero-order chi connectivity index (χ0) is 65.3. The number of fused-ring (bicyclic) bond motifs is 16. The van der Waals surface area contributed by atoms with Crippen LogP contribution in [0.15, 0.2) is 218 Å². The Morgan fingerprint density at radius 3 is 1.00 bits per heavy atom. The van der Waals surface area contributed by atoms with E-state index < -0.39 is 107 Å². The van der Waals surface area contributed by atoms with Gasteiger partial charge in [0.25, 0.3) is 20.1 Å². The number of hydrogen-bond donors (Lipinski definition) is 0. The maximum atomic E-state index is 17.5. The van der Waals surface area contributed by atoms with Crippen molar-refractivity contribution < 1.29 is 48.6 Å². The predicted octanol–water partition coefficient (Wildman–Crippen LogP) is 16.1. The van der Waals surface area contributed by atoms with Crippen LogP contribution in [0.2, 0.25) is 0 Å². The van der Waals surface area contributed by atoms with Crippen LogP contribution in [0.25, 0.3) is 20.2 Å². The normalized spacial score (nSPS) is 14.0. The van der Waals surface area contributed by atoms with Gasteiger partial charge in [-0.05, 0) is 166 Å². The van der Waals surface area contributed by atoms with E-state index in [1.165, 1.54) is 77.5 Å². The average Bonchev–Trinajstić information content (AvgIpc) is 1.66. The van der Waals surface area contributed by atoms with Gasteiger partial charge >= 0.3 is 0 Å². The molecular formula is C76H36B3F10N5OS2. The number of ether oxygens (including phenoxy) is 1. The minimum atomic E-state index is -1.11. The largest absolute Gasteiger partial charge is 0.457 e. The summed E-state index contributed by atoms with van der Waals surface area (Å²) < 4.78 is 182. The zero-order valence-corrected chi connectivity index (χ0v) is 51.4. The van der Waals surface area contributed by atoms with Crippen molar-refractivity contribution in [2.24, 2.45) is 0 Å². The highest BCUT2D eigenvalue weighted by molar-refractivity contribution is 7.34. The van der Waals surface area contributed by atoms with Gasteiger partial charge in [-0.1, -0.05) is 91.0 Å². The van der Waals surface area contributed by atoms with E-state index in [1.807, 2.05) is 60.7 Å². The smallest absolute Gasteiger partial charge is 0.268 e. The lowest BCUT2D eigenvalue weighted by Crippen LogP contribution is -2.66. The van der Waals surface area contributed by atoms with Crippen molar-refractivity contribution in [3.8, 4) is 11.5 Å². The molecule has 0 amide bonds. The van der Waals surface area contributed by atoms with Gasteiger partial charge in [-0.15, -0.1) is 22.7 Å². The molecule has 20 rings (SSSR count). The molecule has 0 saturated heterocycles. The Hall–Kier alpha value is -11.1. The molecule has 0 atom stereocenters. The third-order valence-corrected chi connectivity index (χ3v) is 22.2. The SMILES string of the molecule is Fc1cccc(F)c1N1c2cc3c(cc2B2c4sc5ccccc5c4Oc4cccc1c42)B1c2cc4c(cc2N(c2c(F)cccc2F)c2cccc(c21)N3c1c(F)cccc1F)N(c1c(F)cccc1F)c1cccc2c1B4c1sc3ccccc3c1N2c1c(F)cccc1F. The van der Waals surface area contributed by atoms with E-state index in [-0.39, 0.29) is 45.5 Å². The van der Waals surface area contributed by atoms with Crippen molar-refractivity contribution in [2.75, 3.05) is 24.5 Å². The summed E-state index contributed by atoms with van der Waals surface area (Å²) in [7, 11) is 0. The van der Waals surface area contributed by atoms with Gasteiger partial charge < -0.3 is 29.2 Å². The summed E-state index contributed by atoms with van der Waals surface area (Å²) in [5.41, 5.74) is 2.69. The van der Waals surface area contributed by atoms with Crippen molar-refractivity contribution in [3.63, 3.8) is 0 Å². The molecule has 0 fully saturated rings. The molecule has 97 heavy (non-hydrogen) atoms. The first-order valence-electron chi connectivity index (χ1n) is 31.0. The number of halogens is 10. The Morgan fingerprint density at radius 2 is 0.567 bits per heavy atom. The first-order valence-corrected chi connectivity index (χ1v) is 32.6. The Kier molecular flexibility index (Phi) is 11.7. The summed E-state index contributed by atoms with van der Waals surface area (Å²) in [4.78, 5) is 7.18. The molecule has 2 aromatic heterocycles. The van der Waals surface area contributed by atoms with Gasteiger partial charge in [0.1, 0.15) is 98.1 Å². The summed E-state index contributed by atoms with van der Waals surface area (Å²) in [5, 5.41) is 1.45. The molecule has 0 spiro atoms. The summed E-state index contributed by atoms with van der Waals surface area (Å²) >= 11 is 2.84. The van der Waals surface area contributed by atoms with Crippen LogP contribution in [0.5, 0.6) is 11.5 Å². The third kappa shape index (κ3) is 7.49. The van der Waals surface area contributed by atoms with E-state index in [0.717, 1.165) is 80.2 Å². The van der Waals surface area contributed by atoms with Crippen molar-refractivity contribution in [3.05, 3.63) is 277 Å². The van der Waals surface area contributed by atoms with Crippen LogP contribution in [0.1, 0.15) is 0 Å². The first-order chi connectivity index (χ1) is 47.3. The molecule has 6 aliphatic heterocycles. The molecule has 12 aromatic carbocycles. The predicted molar refractivity (Wildman–Crippen MR) is 371 cm³/mol. The summed E-state index contributed by atoms with van der Waals surface area (Å²) in [5.74, 6) is -8.63. The number of hydrogen-bond acceptors (Lipinski definition) is 8. The molecule has 0 aliphatic carbocycles. The van der Waals surface area contributed by atoms with Crippen LogP contribution in [0, 0.1) is 58.2 Å². The second-order valence-electron chi connectivity index (χ2n) is 24.6. The second-order valence-corrected chi connectivity index (χ2v) is 26.7. The lowest BCUT2D eigenvalue weighted by atomic mass is 9.30. The fourth-order valence-corrected chi connectivity index (χ4v) is 18.7. The summed E-state index contributed by atoms with van der Waals surface area (Å²) in [6.07, 6.45) is 0. The Balaban J connectivity index is 0.948. The van der Waals surface area contributed by atoms with Crippen molar-refractivity contribution in [2.45, 2.75) is 0 Å². The monoisotopic (exact) mass is 1320 g/mol. The van der Waals surface area contributed by atoms with Crippen LogP contribution >= 0.6 is 22.7 Å². The van der Waals surface area contributed by atoms with Crippen molar-refractivity contribution in [1.29, 1.82) is 0 Å². The number of benzene rings is 12. The topological polar surface area (TPSA) is 25.4 Å². The van der Waals surface area contributed by atoms with E-state index in [4.69, 9.17) is 4.74 Å². The van der Waals surface area contributed by atoms with E-state index in [9.17, 15) is 0 Å². The van der Waals surface area contributed by atoms with Crippen molar-refractivity contribution in [1.82, 2.24) is 0 Å². The van der Waals surface area contributed by atoms with E-state index >= 15 is 43.9 Å². The first kappa shape index (κ1) is 56.2. The Labute approximate surface area is 554 Å². The van der Waals surface area contributed by atoms with Crippen LogP contribution in [0.3, 0.4) is 0 Å². The van der Waals surface area contributed by atoms with Gasteiger partial charge in [-0.2, -0.15) is 0 Å². The van der Waals surface area contributed by atoms with Gasteiger partial charge in [0.15, 0.2) is 0 Å². The molecule has 6 nitrogen and oxygen atoms in total. The van der Waals surface area contributed by atoms with Crippen LogP contribution in [-0.4, -0.2) is 20.1 Å². The Morgan fingerprint density at radius 1 is 0.258 bits per heavy atom. The van der Waals surface area contributed by atoms with Gasteiger partial charge in [0, 0.05) is 80.9 Å². The molecule has 0 saturated carbocycles. The molecule has 14 aromatic rings. The number of para-hydroxylation sites is 5. The fourth-order valence-electron chi connectivity index (χ4n) is 16.1. The van der Waals surface area contributed by atoms with E-state index in [1.54, 1.807) is 66.7 Å². The van der Waals surface area contributed by atoms with E-state index in [2.05, 4.69) is 0 Å². The lowest BCUT2D eigenvalue weighted by molar-refractivity contribution is 0.494. The molecule has 0 bridgehead atoms. The third-order valence-electron chi connectivity index (χ3n) is 19.7. The fraction of sp³-hybridized carbons (Fsp3) is 0. The highest BCUT2D eigenvalue weighted by Crippen LogP contribution is 2.54. The second kappa shape index (κ2) is 20.2.